The summed E-state index contributed by atoms with van der Waals surface area (Å²) in [4.78, 5) is 0. The minimum atomic E-state index is 0.901. The van der Waals surface area contributed by atoms with Gasteiger partial charge in [-0.25, -0.2) is 0 Å². The molecule has 1 saturated carbocycles. The first kappa shape index (κ1) is 12.1. The van der Waals surface area contributed by atoms with Crippen molar-refractivity contribution in [2.45, 2.75) is 72.1 Å². The molecule has 0 aliphatic heterocycles. The second-order valence-corrected chi connectivity index (χ2v) is 5.66. The first-order valence-electron chi connectivity index (χ1n) is 6.72. The summed E-state index contributed by atoms with van der Waals surface area (Å²) < 4.78 is 0. The summed E-state index contributed by atoms with van der Waals surface area (Å²) in [6.45, 7) is 7.03. The molecule has 1 aliphatic rings. The molecule has 14 heavy (non-hydrogen) atoms. The zero-order valence-electron chi connectivity index (χ0n) is 10.4. The first-order valence-corrected chi connectivity index (χ1v) is 6.72. The van der Waals surface area contributed by atoms with Gasteiger partial charge in [0.1, 0.15) is 0 Å². The van der Waals surface area contributed by atoms with Crippen molar-refractivity contribution in [1.29, 1.82) is 0 Å². The van der Waals surface area contributed by atoms with E-state index in [-0.39, 0.29) is 0 Å². The largest absolute Gasteiger partial charge is 0.0654 e. The molecule has 0 aromatic carbocycles. The van der Waals surface area contributed by atoms with Crippen molar-refractivity contribution in [1.82, 2.24) is 0 Å². The van der Waals surface area contributed by atoms with Crippen LogP contribution in [0.15, 0.2) is 0 Å². The highest BCUT2D eigenvalue weighted by Crippen LogP contribution is 2.38. The standard InChI is InChI=1S/C14H28/c1-4-5-6-13(8-7-12(2)3)11-14-9-10-14/h12-14H,4-11H2,1-3H3. The van der Waals surface area contributed by atoms with Gasteiger partial charge in [0.15, 0.2) is 0 Å². The van der Waals surface area contributed by atoms with Gasteiger partial charge in [0.2, 0.25) is 0 Å². The van der Waals surface area contributed by atoms with E-state index < -0.39 is 0 Å². The fourth-order valence-corrected chi connectivity index (χ4v) is 2.27. The van der Waals surface area contributed by atoms with E-state index >= 15 is 0 Å². The molecule has 0 bridgehead atoms. The van der Waals surface area contributed by atoms with Gasteiger partial charge < -0.3 is 0 Å². The molecule has 1 fully saturated rings. The lowest BCUT2D eigenvalue weighted by Gasteiger charge is -2.17. The smallest absolute Gasteiger partial charge is 0.0411 e. The molecule has 0 heteroatoms. The van der Waals surface area contributed by atoms with Crippen molar-refractivity contribution in [3.8, 4) is 0 Å². The Bertz CT molecular complexity index is 133. The Morgan fingerprint density at radius 2 is 1.79 bits per heavy atom. The summed E-state index contributed by atoms with van der Waals surface area (Å²) in [5, 5.41) is 0. The SMILES string of the molecule is CCCCC(CCC(C)C)CC1CC1. The lowest BCUT2D eigenvalue weighted by molar-refractivity contribution is 0.354. The topological polar surface area (TPSA) is 0 Å². The second-order valence-electron chi connectivity index (χ2n) is 5.66. The fourth-order valence-electron chi connectivity index (χ4n) is 2.27. The van der Waals surface area contributed by atoms with Crippen LogP contribution in [-0.4, -0.2) is 0 Å². The van der Waals surface area contributed by atoms with Crippen LogP contribution in [0.3, 0.4) is 0 Å². The molecule has 1 atom stereocenters. The third kappa shape index (κ3) is 5.67. The number of hydrogen-bond donors (Lipinski definition) is 0. The lowest BCUT2D eigenvalue weighted by atomic mass is 9.89. The highest BCUT2D eigenvalue weighted by molar-refractivity contribution is 4.77. The van der Waals surface area contributed by atoms with Gasteiger partial charge in [0.05, 0.1) is 0 Å². The Labute approximate surface area is 90.5 Å². The quantitative estimate of drug-likeness (QED) is 0.511. The summed E-state index contributed by atoms with van der Waals surface area (Å²) in [5.74, 6) is 3.09. The molecule has 0 radical (unpaired) electrons. The molecule has 0 heterocycles. The predicted octanol–water partition coefficient (Wildman–Crippen LogP) is 5.03. The average Bonchev–Trinajstić information content (AvgIpc) is 2.93. The summed E-state index contributed by atoms with van der Waals surface area (Å²) in [6, 6.07) is 0. The molecule has 0 aromatic rings. The molecule has 84 valence electrons. The summed E-state index contributed by atoms with van der Waals surface area (Å²) in [6.07, 6.45) is 11.9. The zero-order valence-corrected chi connectivity index (χ0v) is 10.4. The lowest BCUT2D eigenvalue weighted by Crippen LogP contribution is -2.04. The summed E-state index contributed by atoms with van der Waals surface area (Å²) in [5.41, 5.74) is 0. The van der Waals surface area contributed by atoms with E-state index in [1.165, 1.54) is 44.9 Å². The van der Waals surface area contributed by atoms with Crippen LogP contribution < -0.4 is 0 Å². The highest BCUT2D eigenvalue weighted by atomic mass is 14.3. The maximum absolute atomic E-state index is 2.36. The van der Waals surface area contributed by atoms with E-state index in [0.29, 0.717) is 0 Å². The van der Waals surface area contributed by atoms with Gasteiger partial charge in [-0.3, -0.25) is 0 Å². The monoisotopic (exact) mass is 196 g/mol. The van der Waals surface area contributed by atoms with Gasteiger partial charge in [-0.05, 0) is 24.2 Å². The third-order valence-electron chi connectivity index (χ3n) is 3.48. The summed E-state index contributed by atoms with van der Waals surface area (Å²) >= 11 is 0. The molecular weight excluding hydrogens is 168 g/mol. The van der Waals surface area contributed by atoms with Crippen LogP contribution in [0.2, 0.25) is 0 Å². The molecule has 1 rings (SSSR count). The molecule has 0 amide bonds. The molecule has 1 unspecified atom stereocenters. The third-order valence-corrected chi connectivity index (χ3v) is 3.48. The van der Waals surface area contributed by atoms with Crippen molar-refractivity contribution in [3.05, 3.63) is 0 Å². The zero-order chi connectivity index (χ0) is 10.4. The van der Waals surface area contributed by atoms with Crippen molar-refractivity contribution < 1.29 is 0 Å². The number of unbranched alkanes of at least 4 members (excludes halogenated alkanes) is 1. The van der Waals surface area contributed by atoms with E-state index in [2.05, 4.69) is 20.8 Å². The van der Waals surface area contributed by atoms with Crippen LogP contribution in [0.5, 0.6) is 0 Å². The van der Waals surface area contributed by atoms with Crippen LogP contribution >= 0.6 is 0 Å². The van der Waals surface area contributed by atoms with Crippen molar-refractivity contribution >= 4 is 0 Å². The molecule has 0 saturated heterocycles. The van der Waals surface area contributed by atoms with E-state index in [1.807, 2.05) is 0 Å². The van der Waals surface area contributed by atoms with Gasteiger partial charge in [-0.1, -0.05) is 65.7 Å². The highest BCUT2D eigenvalue weighted by Gasteiger charge is 2.24. The molecule has 0 N–H and O–H groups in total. The van der Waals surface area contributed by atoms with Gasteiger partial charge in [-0.2, -0.15) is 0 Å². The van der Waals surface area contributed by atoms with Crippen molar-refractivity contribution in [2.75, 3.05) is 0 Å². The molecule has 0 aromatic heterocycles. The Morgan fingerprint density at radius 1 is 1.07 bits per heavy atom. The normalized spacial score (nSPS) is 18.9. The Hall–Kier alpha value is 0. The Balaban J connectivity index is 2.13. The van der Waals surface area contributed by atoms with Crippen molar-refractivity contribution in [3.63, 3.8) is 0 Å². The van der Waals surface area contributed by atoms with E-state index in [4.69, 9.17) is 0 Å². The number of hydrogen-bond acceptors (Lipinski definition) is 0. The molecule has 0 nitrogen and oxygen atoms in total. The van der Waals surface area contributed by atoms with E-state index in [1.54, 1.807) is 6.42 Å². The van der Waals surface area contributed by atoms with Crippen LogP contribution in [0.4, 0.5) is 0 Å². The second kappa shape index (κ2) is 6.48. The van der Waals surface area contributed by atoms with E-state index in [9.17, 15) is 0 Å². The van der Waals surface area contributed by atoms with Gasteiger partial charge in [-0.15, -0.1) is 0 Å². The van der Waals surface area contributed by atoms with Crippen LogP contribution in [-0.2, 0) is 0 Å². The Kier molecular flexibility index (Phi) is 5.59. The Morgan fingerprint density at radius 3 is 2.29 bits per heavy atom. The van der Waals surface area contributed by atoms with Crippen LogP contribution in [0, 0.1) is 17.8 Å². The van der Waals surface area contributed by atoms with Gasteiger partial charge >= 0.3 is 0 Å². The van der Waals surface area contributed by atoms with Crippen molar-refractivity contribution in [2.24, 2.45) is 17.8 Å². The van der Waals surface area contributed by atoms with Crippen LogP contribution in [0.25, 0.3) is 0 Å². The average molecular weight is 196 g/mol. The molecular formula is C14H28. The van der Waals surface area contributed by atoms with Gasteiger partial charge in [0.25, 0.3) is 0 Å². The minimum absolute atomic E-state index is 0.901. The van der Waals surface area contributed by atoms with E-state index in [0.717, 1.165) is 17.8 Å². The minimum Gasteiger partial charge on any atom is -0.0654 e. The van der Waals surface area contributed by atoms with Gasteiger partial charge in [0, 0.05) is 0 Å². The fraction of sp³-hybridized carbons (Fsp3) is 1.00. The molecule has 0 spiro atoms. The molecule has 1 aliphatic carbocycles. The maximum Gasteiger partial charge on any atom is -0.0411 e. The summed E-state index contributed by atoms with van der Waals surface area (Å²) in [7, 11) is 0. The maximum atomic E-state index is 2.36. The predicted molar refractivity (Wildman–Crippen MR) is 64.4 cm³/mol. The first-order chi connectivity index (χ1) is 6.72. The van der Waals surface area contributed by atoms with Crippen LogP contribution in [0.1, 0.15) is 72.1 Å². The number of rotatable bonds is 8.